The molecule has 0 heterocycles. The van der Waals surface area contributed by atoms with Crippen molar-refractivity contribution in [2.75, 3.05) is 25.5 Å². The minimum absolute atomic E-state index is 0.118. The molecule has 22 heavy (non-hydrogen) atoms. The summed E-state index contributed by atoms with van der Waals surface area (Å²) >= 11 is 5.86. The van der Waals surface area contributed by atoms with E-state index < -0.39 is 5.82 Å². The second-order valence-electron chi connectivity index (χ2n) is 5.19. The predicted octanol–water partition coefficient (Wildman–Crippen LogP) is 3.52. The van der Waals surface area contributed by atoms with E-state index in [0.717, 1.165) is 23.7 Å². The summed E-state index contributed by atoms with van der Waals surface area (Å²) in [5.74, 6) is -0.752. The largest absolute Gasteiger partial charge is 0.378 e. The van der Waals surface area contributed by atoms with Gasteiger partial charge in [0.05, 0.1) is 10.6 Å². The third-order valence-electron chi connectivity index (χ3n) is 3.33. The molecule has 5 heteroatoms. The highest BCUT2D eigenvalue weighted by Crippen LogP contribution is 2.17. The minimum Gasteiger partial charge on any atom is -0.378 e. The highest BCUT2D eigenvalue weighted by atomic mass is 35.5. The summed E-state index contributed by atoms with van der Waals surface area (Å²) in [7, 11) is 3.98. The van der Waals surface area contributed by atoms with Gasteiger partial charge in [0.2, 0.25) is 0 Å². The normalized spacial score (nSPS) is 10.4. The van der Waals surface area contributed by atoms with Gasteiger partial charge in [-0.1, -0.05) is 23.7 Å². The van der Waals surface area contributed by atoms with E-state index in [-0.39, 0.29) is 16.5 Å². The molecule has 1 amide bonds. The van der Waals surface area contributed by atoms with Gasteiger partial charge in [-0.3, -0.25) is 4.79 Å². The van der Waals surface area contributed by atoms with E-state index in [0.29, 0.717) is 6.54 Å². The van der Waals surface area contributed by atoms with Crippen LogP contribution < -0.4 is 10.2 Å². The molecule has 0 aromatic heterocycles. The van der Waals surface area contributed by atoms with E-state index in [1.807, 2.05) is 43.3 Å². The first-order valence-corrected chi connectivity index (χ1v) is 7.34. The number of nitrogens with zero attached hydrogens (tertiary/aromatic N) is 1. The molecular formula is C17H18ClFN2O. The third-order valence-corrected chi connectivity index (χ3v) is 3.64. The Morgan fingerprint density at radius 2 is 1.86 bits per heavy atom. The van der Waals surface area contributed by atoms with Crippen molar-refractivity contribution >= 4 is 23.2 Å². The zero-order chi connectivity index (χ0) is 16.1. The van der Waals surface area contributed by atoms with E-state index in [4.69, 9.17) is 11.6 Å². The number of anilines is 1. The minimum atomic E-state index is -0.456. The number of amides is 1. The summed E-state index contributed by atoms with van der Waals surface area (Å²) in [6.45, 7) is 0.494. The molecule has 0 atom stereocenters. The van der Waals surface area contributed by atoms with Crippen molar-refractivity contribution < 1.29 is 9.18 Å². The Kier molecular flexibility index (Phi) is 5.39. The van der Waals surface area contributed by atoms with Crippen molar-refractivity contribution in [3.8, 4) is 0 Å². The Labute approximate surface area is 134 Å². The molecule has 0 saturated heterocycles. The molecular weight excluding hydrogens is 303 g/mol. The zero-order valence-corrected chi connectivity index (χ0v) is 13.3. The lowest BCUT2D eigenvalue weighted by atomic mass is 10.1. The molecule has 0 bridgehead atoms. The predicted molar refractivity (Wildman–Crippen MR) is 88.2 cm³/mol. The van der Waals surface area contributed by atoms with E-state index in [2.05, 4.69) is 5.32 Å². The van der Waals surface area contributed by atoms with Gasteiger partial charge < -0.3 is 10.2 Å². The summed E-state index contributed by atoms with van der Waals surface area (Å²) in [6, 6.07) is 11.9. The molecule has 0 fully saturated rings. The lowest BCUT2D eigenvalue weighted by molar-refractivity contribution is 0.0954. The maximum Gasteiger partial charge on any atom is 0.252 e. The van der Waals surface area contributed by atoms with Crippen LogP contribution in [-0.2, 0) is 6.42 Å². The number of halogens is 2. The van der Waals surface area contributed by atoms with Gasteiger partial charge in [0.15, 0.2) is 0 Å². The Morgan fingerprint density at radius 3 is 2.45 bits per heavy atom. The maximum absolute atomic E-state index is 13.0. The average Bonchev–Trinajstić information content (AvgIpc) is 2.47. The van der Waals surface area contributed by atoms with Gasteiger partial charge in [0.1, 0.15) is 5.82 Å². The second-order valence-corrected chi connectivity index (χ2v) is 5.60. The Hall–Kier alpha value is -2.07. The molecule has 2 aromatic rings. The third kappa shape index (κ3) is 4.21. The first-order chi connectivity index (χ1) is 10.5. The van der Waals surface area contributed by atoms with Crippen LogP contribution in [0.3, 0.4) is 0 Å². The van der Waals surface area contributed by atoms with Gasteiger partial charge in [0.25, 0.3) is 5.91 Å². The Balaban J connectivity index is 1.89. The molecule has 0 aliphatic heterocycles. The van der Waals surface area contributed by atoms with Crippen LogP contribution in [0.1, 0.15) is 15.9 Å². The molecule has 0 aliphatic carbocycles. The molecule has 0 spiro atoms. The van der Waals surface area contributed by atoms with Crippen molar-refractivity contribution in [2.45, 2.75) is 6.42 Å². The fourth-order valence-corrected chi connectivity index (χ4v) is 2.30. The van der Waals surface area contributed by atoms with Gasteiger partial charge in [-0.15, -0.1) is 0 Å². The molecule has 3 nitrogen and oxygen atoms in total. The highest BCUT2D eigenvalue weighted by Gasteiger charge is 2.10. The summed E-state index contributed by atoms with van der Waals surface area (Å²) in [6.07, 6.45) is 0.720. The number of hydrogen-bond acceptors (Lipinski definition) is 2. The number of benzene rings is 2. The summed E-state index contributed by atoms with van der Waals surface area (Å²) in [5.41, 5.74) is 2.55. The summed E-state index contributed by atoms with van der Waals surface area (Å²) < 4.78 is 13.0. The van der Waals surface area contributed by atoms with Crippen molar-refractivity contribution in [3.05, 3.63) is 64.4 Å². The van der Waals surface area contributed by atoms with Crippen LogP contribution >= 0.6 is 11.6 Å². The summed E-state index contributed by atoms with van der Waals surface area (Å²) in [5, 5.41) is 2.91. The van der Waals surface area contributed by atoms with Crippen molar-refractivity contribution in [3.63, 3.8) is 0 Å². The van der Waals surface area contributed by atoms with Gasteiger partial charge in [-0.05, 0) is 42.3 Å². The topological polar surface area (TPSA) is 32.3 Å². The van der Waals surface area contributed by atoms with Gasteiger partial charge in [0, 0.05) is 26.3 Å². The van der Waals surface area contributed by atoms with Crippen LogP contribution in [0.2, 0.25) is 5.02 Å². The fraction of sp³-hybridized carbons (Fsp3) is 0.235. The van der Waals surface area contributed by atoms with Gasteiger partial charge >= 0.3 is 0 Å². The molecule has 2 rings (SSSR count). The SMILES string of the molecule is CN(C)c1ccc(CCNC(=O)c2ccc(F)cc2Cl)cc1. The van der Waals surface area contributed by atoms with E-state index in [1.165, 1.54) is 12.1 Å². The number of carbonyl (C=O) groups excluding carboxylic acids is 1. The standard InChI is InChI=1S/C17H18ClFN2O/c1-21(2)14-6-3-12(4-7-14)9-10-20-17(22)15-8-5-13(19)11-16(15)18/h3-8,11H,9-10H2,1-2H3,(H,20,22). The average molecular weight is 321 g/mol. The fourth-order valence-electron chi connectivity index (χ4n) is 2.05. The van der Waals surface area contributed by atoms with Gasteiger partial charge in [-0.2, -0.15) is 0 Å². The number of rotatable bonds is 5. The zero-order valence-electron chi connectivity index (χ0n) is 12.6. The number of carbonyl (C=O) groups is 1. The summed E-state index contributed by atoms with van der Waals surface area (Å²) in [4.78, 5) is 14.0. The first-order valence-electron chi connectivity index (χ1n) is 6.97. The molecule has 0 radical (unpaired) electrons. The van der Waals surface area contributed by atoms with Crippen LogP contribution in [0.4, 0.5) is 10.1 Å². The molecule has 0 unspecified atom stereocenters. The van der Waals surface area contributed by atoms with E-state index >= 15 is 0 Å². The smallest absolute Gasteiger partial charge is 0.252 e. The molecule has 0 saturated carbocycles. The van der Waals surface area contributed by atoms with Crippen LogP contribution in [-0.4, -0.2) is 26.5 Å². The molecule has 1 N–H and O–H groups in total. The lowest BCUT2D eigenvalue weighted by Crippen LogP contribution is -2.26. The van der Waals surface area contributed by atoms with E-state index in [1.54, 1.807) is 0 Å². The maximum atomic E-state index is 13.0. The number of nitrogens with one attached hydrogen (secondary N) is 1. The molecule has 116 valence electrons. The van der Waals surface area contributed by atoms with Crippen LogP contribution in [0, 0.1) is 5.82 Å². The Morgan fingerprint density at radius 1 is 1.18 bits per heavy atom. The Bertz CT molecular complexity index is 656. The lowest BCUT2D eigenvalue weighted by Gasteiger charge is -2.12. The second kappa shape index (κ2) is 7.27. The highest BCUT2D eigenvalue weighted by molar-refractivity contribution is 6.33. The first kappa shape index (κ1) is 16.3. The molecule has 2 aromatic carbocycles. The van der Waals surface area contributed by atoms with Crippen LogP contribution in [0.5, 0.6) is 0 Å². The van der Waals surface area contributed by atoms with E-state index in [9.17, 15) is 9.18 Å². The quantitative estimate of drug-likeness (QED) is 0.914. The van der Waals surface area contributed by atoms with Crippen molar-refractivity contribution in [1.29, 1.82) is 0 Å². The molecule has 0 aliphatic rings. The monoisotopic (exact) mass is 320 g/mol. The van der Waals surface area contributed by atoms with Crippen molar-refractivity contribution in [1.82, 2.24) is 5.32 Å². The van der Waals surface area contributed by atoms with Crippen molar-refractivity contribution in [2.24, 2.45) is 0 Å². The van der Waals surface area contributed by atoms with Crippen LogP contribution in [0.15, 0.2) is 42.5 Å². The van der Waals surface area contributed by atoms with Gasteiger partial charge in [-0.25, -0.2) is 4.39 Å². The number of hydrogen-bond donors (Lipinski definition) is 1. The van der Waals surface area contributed by atoms with Crippen LogP contribution in [0.25, 0.3) is 0 Å².